The Hall–Kier alpha value is -0.265. The Morgan fingerprint density at radius 3 is 2.12 bits per heavy atom. The highest BCUT2D eigenvalue weighted by Crippen LogP contribution is 2.36. The van der Waals surface area contributed by atoms with Crippen molar-refractivity contribution in [3.8, 4) is 0 Å². The molecule has 0 aromatic heterocycles. The molecule has 2 rings (SSSR count). The topological polar surface area (TPSA) is 44.5 Å². The third kappa shape index (κ3) is 2.32. The second-order valence-corrected chi connectivity index (χ2v) is 6.53. The zero-order valence-corrected chi connectivity index (χ0v) is 12.7. The van der Waals surface area contributed by atoms with Crippen molar-refractivity contribution in [1.82, 2.24) is 0 Å². The average Bonchev–Trinajstić information content (AvgIpc) is 2.35. The number of benzene rings is 1. The molecular formula is C12H17BINO2. The van der Waals surface area contributed by atoms with Gasteiger partial charge in [0.05, 0.1) is 11.2 Å². The number of hydrogen-bond donors (Lipinski definition) is 1. The van der Waals surface area contributed by atoms with Crippen LogP contribution in [-0.2, 0) is 9.31 Å². The molecule has 5 heteroatoms. The van der Waals surface area contributed by atoms with E-state index < -0.39 is 0 Å². The normalized spacial score (nSPS) is 21.8. The fourth-order valence-corrected chi connectivity index (χ4v) is 2.50. The quantitative estimate of drug-likeness (QED) is 0.482. The van der Waals surface area contributed by atoms with Gasteiger partial charge in [0.1, 0.15) is 0 Å². The van der Waals surface area contributed by atoms with Gasteiger partial charge in [-0.05, 0) is 67.9 Å². The van der Waals surface area contributed by atoms with Crippen LogP contribution in [0, 0.1) is 3.57 Å². The van der Waals surface area contributed by atoms with E-state index in [4.69, 9.17) is 15.0 Å². The number of rotatable bonds is 1. The van der Waals surface area contributed by atoms with Gasteiger partial charge in [0.25, 0.3) is 0 Å². The number of nitrogen functional groups attached to an aromatic ring is 1. The molecule has 92 valence electrons. The van der Waals surface area contributed by atoms with Crippen LogP contribution in [0.15, 0.2) is 18.2 Å². The van der Waals surface area contributed by atoms with Crippen LogP contribution in [0.1, 0.15) is 27.7 Å². The summed E-state index contributed by atoms with van der Waals surface area (Å²) in [7, 11) is -0.313. The molecule has 0 amide bonds. The Labute approximate surface area is 116 Å². The van der Waals surface area contributed by atoms with Crippen LogP contribution < -0.4 is 11.2 Å². The molecule has 1 saturated heterocycles. The molecule has 0 saturated carbocycles. The van der Waals surface area contributed by atoms with E-state index >= 15 is 0 Å². The van der Waals surface area contributed by atoms with E-state index in [9.17, 15) is 0 Å². The number of anilines is 1. The molecule has 1 aliphatic rings. The minimum atomic E-state index is -0.313. The van der Waals surface area contributed by atoms with E-state index in [2.05, 4.69) is 50.3 Å². The monoisotopic (exact) mass is 345 g/mol. The highest BCUT2D eigenvalue weighted by molar-refractivity contribution is 14.1. The van der Waals surface area contributed by atoms with E-state index in [1.807, 2.05) is 18.2 Å². The van der Waals surface area contributed by atoms with Gasteiger partial charge in [-0.25, -0.2) is 0 Å². The Balaban J connectivity index is 2.32. The van der Waals surface area contributed by atoms with Gasteiger partial charge in [0, 0.05) is 9.26 Å². The summed E-state index contributed by atoms with van der Waals surface area (Å²) < 4.78 is 13.1. The lowest BCUT2D eigenvalue weighted by molar-refractivity contribution is 0.00578. The van der Waals surface area contributed by atoms with E-state index in [-0.39, 0.29) is 18.3 Å². The highest BCUT2D eigenvalue weighted by Gasteiger charge is 2.52. The Bertz CT molecular complexity index is 432. The molecule has 0 radical (unpaired) electrons. The van der Waals surface area contributed by atoms with Crippen molar-refractivity contribution >= 4 is 40.9 Å². The highest BCUT2D eigenvalue weighted by atomic mass is 127. The molecule has 0 spiro atoms. The smallest absolute Gasteiger partial charge is 0.399 e. The number of halogens is 1. The summed E-state index contributed by atoms with van der Waals surface area (Å²) >= 11 is 2.26. The first-order valence-corrected chi connectivity index (χ1v) is 6.71. The SMILES string of the molecule is CC1(C)OB(c2ccc(N)cc2I)OC1(C)C. The Kier molecular flexibility index (Phi) is 3.21. The van der Waals surface area contributed by atoms with Crippen LogP contribution >= 0.6 is 22.6 Å². The van der Waals surface area contributed by atoms with Crippen molar-refractivity contribution in [3.05, 3.63) is 21.8 Å². The van der Waals surface area contributed by atoms with Crippen LogP contribution in [0.5, 0.6) is 0 Å². The fraction of sp³-hybridized carbons (Fsp3) is 0.500. The zero-order valence-electron chi connectivity index (χ0n) is 10.6. The van der Waals surface area contributed by atoms with Crippen molar-refractivity contribution in [2.45, 2.75) is 38.9 Å². The molecule has 0 atom stereocenters. The molecular weight excluding hydrogens is 328 g/mol. The van der Waals surface area contributed by atoms with Crippen molar-refractivity contribution < 1.29 is 9.31 Å². The van der Waals surface area contributed by atoms with Gasteiger partial charge in [-0.15, -0.1) is 0 Å². The van der Waals surface area contributed by atoms with Gasteiger partial charge < -0.3 is 15.0 Å². The summed E-state index contributed by atoms with van der Waals surface area (Å²) in [4.78, 5) is 0. The van der Waals surface area contributed by atoms with E-state index in [1.165, 1.54) is 0 Å². The summed E-state index contributed by atoms with van der Waals surface area (Å²) in [6.45, 7) is 8.21. The van der Waals surface area contributed by atoms with Crippen LogP contribution in [-0.4, -0.2) is 18.3 Å². The third-order valence-corrected chi connectivity index (χ3v) is 4.47. The largest absolute Gasteiger partial charge is 0.495 e. The summed E-state index contributed by atoms with van der Waals surface area (Å²) in [6.07, 6.45) is 0. The van der Waals surface area contributed by atoms with Gasteiger partial charge in [-0.3, -0.25) is 0 Å². The van der Waals surface area contributed by atoms with Crippen molar-refractivity contribution in [1.29, 1.82) is 0 Å². The minimum Gasteiger partial charge on any atom is -0.399 e. The lowest BCUT2D eigenvalue weighted by atomic mass is 9.79. The number of nitrogens with two attached hydrogens (primary N) is 1. The molecule has 1 aromatic rings. The molecule has 1 fully saturated rings. The molecule has 1 aromatic carbocycles. The van der Waals surface area contributed by atoms with E-state index in [0.717, 1.165) is 14.7 Å². The van der Waals surface area contributed by atoms with Gasteiger partial charge >= 0.3 is 7.12 Å². The standard InChI is InChI=1S/C12H17BINO2/c1-11(2)12(3,4)17-13(16-11)9-6-5-8(15)7-10(9)14/h5-7H,15H2,1-4H3. The van der Waals surface area contributed by atoms with Crippen LogP contribution in [0.3, 0.4) is 0 Å². The minimum absolute atomic E-state index is 0.303. The predicted molar refractivity (Wildman–Crippen MR) is 79.3 cm³/mol. The first-order valence-electron chi connectivity index (χ1n) is 5.63. The van der Waals surface area contributed by atoms with Crippen molar-refractivity contribution in [2.75, 3.05) is 5.73 Å². The third-order valence-electron chi connectivity index (χ3n) is 3.53. The molecule has 2 N–H and O–H groups in total. The number of hydrogen-bond acceptors (Lipinski definition) is 3. The lowest BCUT2D eigenvalue weighted by Gasteiger charge is -2.32. The molecule has 1 aliphatic heterocycles. The summed E-state index contributed by atoms with van der Waals surface area (Å²) in [5, 5.41) is 0. The van der Waals surface area contributed by atoms with Gasteiger partial charge in [0.2, 0.25) is 0 Å². The van der Waals surface area contributed by atoms with Gasteiger partial charge in [-0.1, -0.05) is 6.07 Å². The van der Waals surface area contributed by atoms with Crippen LogP contribution in [0.4, 0.5) is 5.69 Å². The maximum atomic E-state index is 6.00. The lowest BCUT2D eigenvalue weighted by Crippen LogP contribution is -2.41. The first kappa shape index (κ1) is 13.2. The summed E-state index contributed by atoms with van der Waals surface area (Å²) in [5.41, 5.74) is 6.94. The summed E-state index contributed by atoms with van der Waals surface area (Å²) in [5.74, 6) is 0. The predicted octanol–water partition coefficient (Wildman–Crippen LogP) is 2.17. The molecule has 0 aliphatic carbocycles. The van der Waals surface area contributed by atoms with E-state index in [1.54, 1.807) is 0 Å². The molecule has 0 bridgehead atoms. The second-order valence-electron chi connectivity index (χ2n) is 5.37. The first-order chi connectivity index (χ1) is 7.73. The zero-order chi connectivity index (χ0) is 12.8. The average molecular weight is 345 g/mol. The maximum Gasteiger partial charge on any atom is 0.495 e. The second kappa shape index (κ2) is 4.14. The molecule has 3 nitrogen and oxygen atoms in total. The van der Waals surface area contributed by atoms with Gasteiger partial charge in [0.15, 0.2) is 0 Å². The maximum absolute atomic E-state index is 6.00. The van der Waals surface area contributed by atoms with Gasteiger partial charge in [-0.2, -0.15) is 0 Å². The van der Waals surface area contributed by atoms with Crippen LogP contribution in [0.25, 0.3) is 0 Å². The van der Waals surface area contributed by atoms with Crippen LogP contribution in [0.2, 0.25) is 0 Å². The van der Waals surface area contributed by atoms with Crippen molar-refractivity contribution in [2.24, 2.45) is 0 Å². The molecule has 1 heterocycles. The summed E-state index contributed by atoms with van der Waals surface area (Å²) in [6, 6.07) is 5.78. The molecule has 17 heavy (non-hydrogen) atoms. The van der Waals surface area contributed by atoms with E-state index in [0.29, 0.717) is 0 Å². The molecule has 0 unspecified atom stereocenters. The Morgan fingerprint density at radius 1 is 1.12 bits per heavy atom. The van der Waals surface area contributed by atoms with Crippen molar-refractivity contribution in [3.63, 3.8) is 0 Å². The Morgan fingerprint density at radius 2 is 1.65 bits per heavy atom. The fourth-order valence-electron chi connectivity index (χ4n) is 1.70.